The van der Waals surface area contributed by atoms with E-state index in [4.69, 9.17) is 5.73 Å². The Balaban J connectivity index is 1.73. The Hall–Kier alpha value is -2.73. The standard InChI is InChI=1S/C46H60NP/c1-42(2,3)33-23-34(43(4,5)6)26-37(25-33)48(38-27-35(44(7,8)9)24-36(28-38)45(10,11)12)39-18-14-16-31-20-22-46(41(31)39)21-19-30-15-13-17-32(29-47)40(30)46/h13-18,23-28H,19-22,29,47H2,1-12H3/t46-/m1/s1. The maximum Gasteiger partial charge on any atom is 0.0224 e. The average Bonchev–Trinajstić information content (AvgIpc) is 3.57. The maximum atomic E-state index is 6.51. The molecule has 0 aromatic heterocycles. The topological polar surface area (TPSA) is 26.0 Å². The molecule has 254 valence electrons. The highest BCUT2D eigenvalue weighted by Gasteiger charge is 2.48. The van der Waals surface area contributed by atoms with Crippen LogP contribution in [0, 0.1) is 0 Å². The van der Waals surface area contributed by atoms with E-state index < -0.39 is 7.92 Å². The van der Waals surface area contributed by atoms with Crippen LogP contribution in [0.3, 0.4) is 0 Å². The summed E-state index contributed by atoms with van der Waals surface area (Å²) in [4.78, 5) is 0. The molecule has 0 unspecified atom stereocenters. The van der Waals surface area contributed by atoms with Gasteiger partial charge in [-0.25, -0.2) is 0 Å². The molecule has 1 atom stereocenters. The van der Waals surface area contributed by atoms with Gasteiger partial charge < -0.3 is 5.73 Å². The fraction of sp³-hybridized carbons (Fsp3) is 0.478. The largest absolute Gasteiger partial charge is 0.326 e. The van der Waals surface area contributed by atoms with E-state index >= 15 is 0 Å². The van der Waals surface area contributed by atoms with Crippen molar-refractivity contribution >= 4 is 23.8 Å². The van der Waals surface area contributed by atoms with Gasteiger partial charge in [0.25, 0.3) is 0 Å². The summed E-state index contributed by atoms with van der Waals surface area (Å²) >= 11 is 0. The van der Waals surface area contributed by atoms with Crippen LogP contribution in [0.1, 0.15) is 146 Å². The summed E-state index contributed by atoms with van der Waals surface area (Å²) in [6.07, 6.45) is 4.62. The molecule has 0 saturated carbocycles. The maximum absolute atomic E-state index is 6.51. The molecule has 1 nitrogen and oxygen atoms in total. The minimum Gasteiger partial charge on any atom is -0.326 e. The van der Waals surface area contributed by atoms with E-state index in [2.05, 4.69) is 156 Å². The van der Waals surface area contributed by atoms with Crippen molar-refractivity contribution < 1.29 is 0 Å². The zero-order valence-electron chi connectivity index (χ0n) is 32.0. The van der Waals surface area contributed by atoms with Crippen LogP contribution in [0.4, 0.5) is 0 Å². The third kappa shape index (κ3) is 6.24. The molecule has 0 bridgehead atoms. The molecule has 0 radical (unpaired) electrons. The minimum atomic E-state index is -0.879. The second kappa shape index (κ2) is 12.0. The first-order chi connectivity index (χ1) is 22.2. The number of nitrogens with two attached hydrogens (primary N) is 1. The molecule has 6 rings (SSSR count). The van der Waals surface area contributed by atoms with Gasteiger partial charge in [0.05, 0.1) is 0 Å². The fourth-order valence-corrected chi connectivity index (χ4v) is 11.0. The van der Waals surface area contributed by atoms with Crippen molar-refractivity contribution in [1.82, 2.24) is 0 Å². The van der Waals surface area contributed by atoms with Gasteiger partial charge in [-0.05, 0) is 121 Å². The van der Waals surface area contributed by atoms with Crippen LogP contribution in [0.25, 0.3) is 0 Å². The first-order valence-corrected chi connectivity index (χ1v) is 19.6. The van der Waals surface area contributed by atoms with Gasteiger partial charge in [0, 0.05) is 12.0 Å². The predicted molar refractivity (Wildman–Crippen MR) is 212 cm³/mol. The molecule has 2 aliphatic carbocycles. The Morgan fingerprint density at radius 3 is 1.33 bits per heavy atom. The van der Waals surface area contributed by atoms with Crippen molar-refractivity contribution in [3.8, 4) is 0 Å². The number of rotatable bonds is 4. The Morgan fingerprint density at radius 2 is 0.938 bits per heavy atom. The summed E-state index contributed by atoms with van der Waals surface area (Å²) in [6, 6.07) is 29.5. The molecule has 0 saturated heterocycles. The number of aryl methyl sites for hydroxylation is 2. The predicted octanol–water partition coefficient (Wildman–Crippen LogP) is 10.3. The molecule has 0 fully saturated rings. The molecule has 1 spiro atoms. The molecule has 0 amide bonds. The van der Waals surface area contributed by atoms with Crippen molar-refractivity contribution in [3.63, 3.8) is 0 Å². The molecule has 0 aliphatic heterocycles. The van der Waals surface area contributed by atoms with Crippen molar-refractivity contribution in [2.75, 3.05) is 0 Å². The molecule has 4 aromatic rings. The lowest BCUT2D eigenvalue weighted by Gasteiger charge is -2.35. The van der Waals surface area contributed by atoms with Gasteiger partial charge in [0.1, 0.15) is 0 Å². The van der Waals surface area contributed by atoms with Gasteiger partial charge in [-0.15, -0.1) is 0 Å². The average molecular weight is 658 g/mol. The van der Waals surface area contributed by atoms with Crippen LogP contribution < -0.4 is 21.6 Å². The Kier molecular flexibility index (Phi) is 8.74. The van der Waals surface area contributed by atoms with Crippen molar-refractivity contribution in [2.45, 2.75) is 142 Å². The third-order valence-corrected chi connectivity index (χ3v) is 13.6. The van der Waals surface area contributed by atoms with Crippen LogP contribution >= 0.6 is 7.92 Å². The highest BCUT2D eigenvalue weighted by Crippen LogP contribution is 2.55. The summed E-state index contributed by atoms with van der Waals surface area (Å²) in [5.41, 5.74) is 20.0. The van der Waals surface area contributed by atoms with Crippen LogP contribution in [-0.4, -0.2) is 0 Å². The summed E-state index contributed by atoms with van der Waals surface area (Å²) in [5, 5.41) is 4.51. The summed E-state index contributed by atoms with van der Waals surface area (Å²) in [5.74, 6) is 0. The summed E-state index contributed by atoms with van der Waals surface area (Å²) < 4.78 is 0. The van der Waals surface area contributed by atoms with E-state index in [-0.39, 0.29) is 27.1 Å². The molecule has 2 heteroatoms. The van der Waals surface area contributed by atoms with Gasteiger partial charge in [0.15, 0.2) is 0 Å². The highest BCUT2D eigenvalue weighted by atomic mass is 31.1. The van der Waals surface area contributed by atoms with E-state index in [1.165, 1.54) is 56.8 Å². The first-order valence-electron chi connectivity index (χ1n) is 18.3. The van der Waals surface area contributed by atoms with Gasteiger partial charge in [-0.1, -0.05) is 156 Å². The van der Waals surface area contributed by atoms with Crippen LogP contribution in [0.15, 0.2) is 72.8 Å². The van der Waals surface area contributed by atoms with Gasteiger partial charge in [-0.3, -0.25) is 0 Å². The van der Waals surface area contributed by atoms with Gasteiger partial charge in [-0.2, -0.15) is 0 Å². The Labute approximate surface area is 293 Å². The molecular weight excluding hydrogens is 597 g/mol. The molecule has 4 aromatic carbocycles. The SMILES string of the molecule is CC(C)(C)c1cc(P(c2cc(C(C)(C)C)cc(C(C)(C)C)c2)c2cccc3c2[C@]2(CCc4cccc(CN)c42)CC3)cc(C(C)(C)C)c1. The minimum absolute atomic E-state index is 0.0286. The number of hydrogen-bond donors (Lipinski definition) is 1. The van der Waals surface area contributed by atoms with E-state index in [0.29, 0.717) is 6.54 Å². The van der Waals surface area contributed by atoms with Crippen LogP contribution in [-0.2, 0) is 46.5 Å². The normalized spacial score (nSPS) is 18.1. The monoisotopic (exact) mass is 657 g/mol. The molecule has 2 aliphatic rings. The van der Waals surface area contributed by atoms with E-state index in [9.17, 15) is 0 Å². The molecule has 0 heterocycles. The second-order valence-electron chi connectivity index (χ2n) is 18.9. The van der Waals surface area contributed by atoms with Crippen molar-refractivity contribution in [3.05, 3.63) is 123 Å². The zero-order valence-corrected chi connectivity index (χ0v) is 32.9. The van der Waals surface area contributed by atoms with Crippen LogP contribution in [0.5, 0.6) is 0 Å². The second-order valence-corrected chi connectivity index (χ2v) is 21.1. The lowest BCUT2D eigenvalue weighted by atomic mass is 9.75. The summed E-state index contributed by atoms with van der Waals surface area (Å²) in [7, 11) is -0.879. The first kappa shape index (κ1) is 35.1. The summed E-state index contributed by atoms with van der Waals surface area (Å²) in [6.45, 7) is 29.1. The lowest BCUT2D eigenvalue weighted by Crippen LogP contribution is -2.34. The van der Waals surface area contributed by atoms with Gasteiger partial charge >= 0.3 is 0 Å². The fourth-order valence-electron chi connectivity index (χ4n) is 8.27. The van der Waals surface area contributed by atoms with Crippen molar-refractivity contribution in [1.29, 1.82) is 0 Å². The Bertz CT molecular complexity index is 1710. The zero-order chi connectivity index (χ0) is 35.0. The number of fused-ring (bicyclic) bond motifs is 4. The third-order valence-electron chi connectivity index (χ3n) is 11.2. The smallest absolute Gasteiger partial charge is 0.0224 e. The number of benzene rings is 4. The quantitative estimate of drug-likeness (QED) is 0.217. The number of hydrogen-bond acceptors (Lipinski definition) is 1. The highest BCUT2D eigenvalue weighted by molar-refractivity contribution is 7.80. The molecule has 2 N–H and O–H groups in total. The Morgan fingerprint density at radius 1 is 0.542 bits per heavy atom. The van der Waals surface area contributed by atoms with Crippen LogP contribution in [0.2, 0.25) is 0 Å². The molecular formula is C46H60NP. The van der Waals surface area contributed by atoms with E-state index in [0.717, 1.165) is 12.8 Å². The van der Waals surface area contributed by atoms with Gasteiger partial charge in [0.2, 0.25) is 0 Å². The van der Waals surface area contributed by atoms with E-state index in [1.807, 2.05) is 0 Å². The molecule has 48 heavy (non-hydrogen) atoms. The lowest BCUT2D eigenvalue weighted by molar-refractivity contribution is 0.506. The van der Waals surface area contributed by atoms with Crippen molar-refractivity contribution in [2.24, 2.45) is 5.73 Å². The van der Waals surface area contributed by atoms with E-state index in [1.54, 1.807) is 22.0 Å².